The lowest BCUT2D eigenvalue weighted by Crippen LogP contribution is -2.22. The van der Waals surface area contributed by atoms with Crippen molar-refractivity contribution < 1.29 is 31.4 Å². The minimum atomic E-state index is -3.90. The van der Waals surface area contributed by atoms with Crippen LogP contribution in [0.2, 0.25) is 0 Å². The van der Waals surface area contributed by atoms with Crippen molar-refractivity contribution in [1.82, 2.24) is 0 Å². The number of fused-ring (bicyclic) bond motifs is 1. The molecule has 0 bridgehead atoms. The van der Waals surface area contributed by atoms with Crippen LogP contribution in [0.5, 0.6) is 11.5 Å². The Morgan fingerprint density at radius 1 is 1.30 bits per heavy atom. The molecule has 1 aliphatic carbocycles. The van der Waals surface area contributed by atoms with Crippen LogP contribution in [0.25, 0.3) is 4.85 Å². The quantitative estimate of drug-likeness (QED) is 0.792. The number of benzene rings is 2. The second-order valence-electron chi connectivity index (χ2n) is 6.38. The van der Waals surface area contributed by atoms with Crippen LogP contribution in [0, 0.1) is 19.3 Å². The second kappa shape index (κ2) is 6.25. The smallest absolute Gasteiger partial charge is 0.281 e. The summed E-state index contributed by atoms with van der Waals surface area (Å²) in [6.07, 6.45) is -2.36. The van der Waals surface area contributed by atoms with E-state index in [-0.39, 0.29) is 33.2 Å². The molecule has 142 valence electrons. The van der Waals surface area contributed by atoms with Crippen LogP contribution < -0.4 is 4.74 Å². The summed E-state index contributed by atoms with van der Waals surface area (Å²) in [5, 5.41) is 10.0. The van der Waals surface area contributed by atoms with E-state index in [0.29, 0.717) is 0 Å². The molecule has 27 heavy (non-hydrogen) atoms. The van der Waals surface area contributed by atoms with Gasteiger partial charge in [-0.1, -0.05) is 0 Å². The molecule has 1 atom stereocenters. The van der Waals surface area contributed by atoms with Gasteiger partial charge in [-0.25, -0.2) is 26.4 Å². The summed E-state index contributed by atoms with van der Waals surface area (Å²) in [7, 11) is -3.90. The third-order valence-electron chi connectivity index (χ3n) is 4.24. The summed E-state index contributed by atoms with van der Waals surface area (Å²) in [5.74, 6) is -4.53. The maximum absolute atomic E-state index is 14.1. The van der Waals surface area contributed by atoms with Gasteiger partial charge in [0.25, 0.3) is 5.92 Å². The van der Waals surface area contributed by atoms with Crippen LogP contribution >= 0.6 is 0 Å². The average Bonchev–Trinajstić information content (AvgIpc) is 2.76. The van der Waals surface area contributed by atoms with Gasteiger partial charge in [0.1, 0.15) is 23.4 Å². The van der Waals surface area contributed by atoms with Crippen molar-refractivity contribution in [3.8, 4) is 11.5 Å². The number of ether oxygens (including phenoxy) is 1. The van der Waals surface area contributed by atoms with Gasteiger partial charge in [0.2, 0.25) is 0 Å². The number of nitrogens with zero attached hydrogens (tertiary/aromatic N) is 1. The Kier molecular flexibility index (Phi) is 4.44. The van der Waals surface area contributed by atoms with E-state index in [9.17, 15) is 26.7 Å². The third-order valence-corrected chi connectivity index (χ3v) is 5.53. The minimum Gasteiger partial charge on any atom is -0.458 e. The Balaban J connectivity index is 2.22. The molecule has 0 fully saturated rings. The molecule has 2 aromatic carbocycles. The van der Waals surface area contributed by atoms with Crippen molar-refractivity contribution in [2.75, 3.05) is 6.26 Å². The maximum atomic E-state index is 14.1. The maximum Gasteiger partial charge on any atom is 0.281 e. The van der Waals surface area contributed by atoms with E-state index in [1.807, 2.05) is 0 Å². The van der Waals surface area contributed by atoms with E-state index >= 15 is 0 Å². The fourth-order valence-electron chi connectivity index (χ4n) is 3.23. The first-order valence-electron chi connectivity index (χ1n) is 7.72. The highest BCUT2D eigenvalue weighted by Gasteiger charge is 2.50. The Labute approximate surface area is 153 Å². The van der Waals surface area contributed by atoms with E-state index in [0.717, 1.165) is 18.4 Å². The van der Waals surface area contributed by atoms with Crippen LogP contribution in [0.1, 0.15) is 22.8 Å². The molecule has 0 radical (unpaired) electrons. The van der Waals surface area contributed by atoms with E-state index < -0.39 is 39.7 Å². The van der Waals surface area contributed by atoms with Gasteiger partial charge in [-0.05, 0) is 30.7 Å². The fourth-order valence-corrected chi connectivity index (χ4v) is 4.51. The van der Waals surface area contributed by atoms with Gasteiger partial charge in [0.05, 0.1) is 11.5 Å². The zero-order valence-electron chi connectivity index (χ0n) is 14.3. The van der Waals surface area contributed by atoms with Crippen LogP contribution in [0.4, 0.5) is 18.9 Å². The lowest BCUT2D eigenvalue weighted by Gasteiger charge is -2.18. The molecule has 2 aromatic rings. The van der Waals surface area contributed by atoms with E-state index in [1.54, 1.807) is 0 Å². The summed E-state index contributed by atoms with van der Waals surface area (Å²) in [4.78, 5) is 2.73. The normalized spacial score (nSPS) is 18.0. The zero-order valence-corrected chi connectivity index (χ0v) is 15.1. The van der Waals surface area contributed by atoms with Crippen LogP contribution in [-0.2, 0) is 16.3 Å². The van der Waals surface area contributed by atoms with Crippen LogP contribution in [-0.4, -0.2) is 25.7 Å². The molecular formula is C18H14F3NO4S. The number of sulfone groups is 1. The van der Waals surface area contributed by atoms with E-state index in [4.69, 9.17) is 11.3 Å². The van der Waals surface area contributed by atoms with Gasteiger partial charge in [0.15, 0.2) is 15.5 Å². The number of rotatable bonds is 3. The molecule has 5 nitrogen and oxygen atoms in total. The SMILES string of the molecule is [C-]#[N+]c1cc(F)cc(Oc2cc(C)c(S(C)(=O)=O)c3c2CC(F)(F)C3O)c1. The highest BCUT2D eigenvalue weighted by Crippen LogP contribution is 2.50. The Hall–Kier alpha value is -2.57. The number of aliphatic hydroxyl groups excluding tert-OH is 1. The molecule has 1 aliphatic rings. The van der Waals surface area contributed by atoms with Crippen molar-refractivity contribution >= 4 is 15.5 Å². The summed E-state index contributed by atoms with van der Waals surface area (Å²) in [6.45, 7) is 8.34. The van der Waals surface area contributed by atoms with Crippen molar-refractivity contribution in [3.05, 3.63) is 58.2 Å². The summed E-state index contributed by atoms with van der Waals surface area (Å²) < 4.78 is 71.6. The molecule has 3 rings (SSSR count). The second-order valence-corrected chi connectivity index (χ2v) is 8.34. The first-order valence-corrected chi connectivity index (χ1v) is 9.61. The predicted octanol–water partition coefficient (Wildman–Crippen LogP) is 4.11. The summed E-state index contributed by atoms with van der Waals surface area (Å²) in [6, 6.07) is 4.45. The predicted molar refractivity (Wildman–Crippen MR) is 90.6 cm³/mol. The molecule has 0 spiro atoms. The van der Waals surface area contributed by atoms with Gasteiger partial charge < -0.3 is 9.84 Å². The molecule has 0 amide bonds. The lowest BCUT2D eigenvalue weighted by atomic mass is 10.0. The third kappa shape index (κ3) is 3.38. The monoisotopic (exact) mass is 397 g/mol. The zero-order chi connectivity index (χ0) is 20.1. The number of halogens is 3. The molecule has 0 saturated carbocycles. The highest BCUT2D eigenvalue weighted by molar-refractivity contribution is 7.90. The minimum absolute atomic E-state index is 0.0449. The van der Waals surface area contributed by atoms with Gasteiger partial charge in [-0.3, -0.25) is 0 Å². The van der Waals surface area contributed by atoms with Crippen molar-refractivity contribution in [2.45, 2.75) is 30.3 Å². The molecule has 0 aromatic heterocycles. The number of hydrogen-bond donors (Lipinski definition) is 1. The van der Waals surface area contributed by atoms with Crippen LogP contribution in [0.15, 0.2) is 29.2 Å². The lowest BCUT2D eigenvalue weighted by molar-refractivity contribution is -0.0976. The molecule has 0 saturated heterocycles. The standard InChI is InChI=1S/C18H14F3NO4S/c1-9-4-14(26-12-6-10(19)5-11(7-12)22-2)13-8-18(20,21)17(23)15(13)16(9)27(3,24)25/h4-7,17,23H,8H2,1,3H3. The van der Waals surface area contributed by atoms with Crippen LogP contribution in [0.3, 0.4) is 0 Å². The number of alkyl halides is 2. The van der Waals surface area contributed by atoms with E-state index in [1.165, 1.54) is 19.1 Å². The summed E-state index contributed by atoms with van der Waals surface area (Å²) in [5.41, 5.74) is -0.493. The topological polar surface area (TPSA) is 68.0 Å². The molecule has 1 unspecified atom stereocenters. The highest BCUT2D eigenvalue weighted by atomic mass is 32.2. The van der Waals surface area contributed by atoms with E-state index in [2.05, 4.69) is 4.85 Å². The number of hydrogen-bond acceptors (Lipinski definition) is 4. The Morgan fingerprint density at radius 2 is 1.96 bits per heavy atom. The Morgan fingerprint density at radius 3 is 2.56 bits per heavy atom. The van der Waals surface area contributed by atoms with Gasteiger partial charge in [0, 0.05) is 29.9 Å². The first-order chi connectivity index (χ1) is 12.4. The molecule has 0 heterocycles. The van der Waals surface area contributed by atoms with Gasteiger partial charge >= 0.3 is 0 Å². The van der Waals surface area contributed by atoms with Gasteiger partial charge in [-0.2, -0.15) is 0 Å². The van der Waals surface area contributed by atoms with Crippen molar-refractivity contribution in [1.29, 1.82) is 0 Å². The molecule has 9 heteroatoms. The molecule has 0 aliphatic heterocycles. The number of aryl methyl sites for hydroxylation is 1. The number of aliphatic hydroxyl groups is 1. The fraction of sp³-hybridized carbons (Fsp3) is 0.278. The largest absolute Gasteiger partial charge is 0.458 e. The first kappa shape index (κ1) is 19.2. The molecular weight excluding hydrogens is 383 g/mol. The molecule has 1 N–H and O–H groups in total. The summed E-state index contributed by atoms with van der Waals surface area (Å²) >= 11 is 0. The van der Waals surface area contributed by atoms with Crippen molar-refractivity contribution in [3.63, 3.8) is 0 Å². The van der Waals surface area contributed by atoms with Gasteiger partial charge in [-0.15, -0.1) is 0 Å². The van der Waals surface area contributed by atoms with Crippen molar-refractivity contribution in [2.24, 2.45) is 0 Å². The Bertz CT molecular complexity index is 1090. The average molecular weight is 397 g/mol.